The Hall–Kier alpha value is -1.91. The maximum atomic E-state index is 11.8. The van der Waals surface area contributed by atoms with E-state index in [-0.39, 0.29) is 17.7 Å². The lowest BCUT2D eigenvalue weighted by Gasteiger charge is -2.13. The number of thiocarbonyl (C=S) groups is 1. The number of hydrogen-bond acceptors (Lipinski definition) is 7. The largest absolute Gasteiger partial charge is 0.359 e. The molecule has 134 valence electrons. The van der Waals surface area contributed by atoms with E-state index in [0.717, 1.165) is 5.69 Å². The third-order valence-corrected chi connectivity index (χ3v) is 4.96. The lowest BCUT2D eigenvalue weighted by Crippen LogP contribution is -2.49. The molecule has 1 aromatic heterocycles. The first-order valence-electron chi connectivity index (χ1n) is 7.57. The molecule has 0 saturated carbocycles. The Kier molecular flexibility index (Phi) is 7.41. The number of aryl methyl sites for hydroxylation is 1. The van der Waals surface area contributed by atoms with Gasteiger partial charge in [0.15, 0.2) is 9.45 Å². The third-order valence-electron chi connectivity index (χ3n) is 2.77. The Labute approximate surface area is 160 Å². The normalized spacial score (nSPS) is 10.4. The number of thioether (sulfide) groups is 1. The number of hydrazine groups is 1. The van der Waals surface area contributed by atoms with Gasteiger partial charge >= 0.3 is 0 Å². The van der Waals surface area contributed by atoms with Crippen LogP contribution in [0.15, 0.2) is 28.6 Å². The Morgan fingerprint density at radius 3 is 2.64 bits per heavy atom. The molecule has 0 radical (unpaired) electrons. The molecule has 2 rings (SSSR count). The Balaban J connectivity index is 1.74. The molecule has 0 aliphatic rings. The highest BCUT2D eigenvalue weighted by Crippen LogP contribution is 2.27. The number of hydrogen-bond donors (Lipinski definition) is 4. The molecule has 0 aliphatic heterocycles. The van der Waals surface area contributed by atoms with Gasteiger partial charge in [0.25, 0.3) is 0 Å². The highest BCUT2D eigenvalue weighted by Gasteiger charge is 2.09. The van der Waals surface area contributed by atoms with Crippen LogP contribution in [0.25, 0.3) is 0 Å². The van der Waals surface area contributed by atoms with Crippen molar-refractivity contribution in [3.63, 3.8) is 0 Å². The highest BCUT2D eigenvalue weighted by atomic mass is 32.2. The molecule has 2 aromatic rings. The predicted octanol–water partition coefficient (Wildman–Crippen LogP) is 2.59. The smallest absolute Gasteiger partial charge is 0.248 e. The van der Waals surface area contributed by atoms with Gasteiger partial charge in [0, 0.05) is 11.7 Å². The van der Waals surface area contributed by atoms with E-state index in [0.29, 0.717) is 14.6 Å². The zero-order valence-electron chi connectivity index (χ0n) is 14.1. The molecule has 0 atom stereocenters. The fourth-order valence-electron chi connectivity index (χ4n) is 1.67. The summed E-state index contributed by atoms with van der Waals surface area (Å²) in [6.07, 6.45) is 0. The molecule has 0 aliphatic carbocycles. The van der Waals surface area contributed by atoms with Crippen molar-refractivity contribution in [1.29, 1.82) is 0 Å². The van der Waals surface area contributed by atoms with Crippen LogP contribution in [0.4, 0.5) is 10.8 Å². The number of carbonyl (C=O) groups is 1. The van der Waals surface area contributed by atoms with E-state index in [9.17, 15) is 4.79 Å². The Morgan fingerprint density at radius 2 is 1.96 bits per heavy atom. The van der Waals surface area contributed by atoms with Crippen LogP contribution < -0.4 is 21.5 Å². The third kappa shape index (κ3) is 7.24. The van der Waals surface area contributed by atoms with Gasteiger partial charge < -0.3 is 10.6 Å². The summed E-state index contributed by atoms with van der Waals surface area (Å²) < 4.78 is 0.715. The lowest BCUT2D eigenvalue weighted by atomic mass is 10.2. The van der Waals surface area contributed by atoms with Gasteiger partial charge in [-0.15, -0.1) is 10.2 Å². The molecular formula is C15H20N6OS3. The van der Waals surface area contributed by atoms with Crippen molar-refractivity contribution >= 4 is 57.2 Å². The summed E-state index contributed by atoms with van der Waals surface area (Å²) in [7, 11) is 0. The standard InChI is InChI=1S/C15H20N6OS3/c1-9(2)16-13(23)19-18-12(22)8-24-15-21-20-14(25-15)17-11-6-4-10(3)5-7-11/h4-7,9H,8H2,1-3H3,(H,17,20)(H,18,22)(H2,16,19,23). The summed E-state index contributed by atoms with van der Waals surface area (Å²) in [5.41, 5.74) is 7.34. The van der Waals surface area contributed by atoms with Gasteiger partial charge in [-0.2, -0.15) is 0 Å². The number of anilines is 2. The van der Waals surface area contributed by atoms with Gasteiger partial charge in [-0.1, -0.05) is 40.8 Å². The second-order valence-electron chi connectivity index (χ2n) is 5.45. The van der Waals surface area contributed by atoms with E-state index >= 15 is 0 Å². The number of benzene rings is 1. The van der Waals surface area contributed by atoms with Crippen LogP contribution >= 0.6 is 35.3 Å². The summed E-state index contributed by atoms with van der Waals surface area (Å²) >= 11 is 7.74. The van der Waals surface area contributed by atoms with Gasteiger partial charge in [0.1, 0.15) is 0 Å². The average Bonchev–Trinajstić information content (AvgIpc) is 3.00. The van der Waals surface area contributed by atoms with E-state index in [2.05, 4.69) is 31.7 Å². The minimum atomic E-state index is -0.193. The number of nitrogens with one attached hydrogen (secondary N) is 4. The fourth-order valence-corrected chi connectivity index (χ4v) is 3.53. The topological polar surface area (TPSA) is 91.0 Å². The van der Waals surface area contributed by atoms with Gasteiger partial charge in [0.05, 0.1) is 5.75 Å². The molecule has 0 fully saturated rings. The van der Waals surface area contributed by atoms with Gasteiger partial charge in [-0.25, -0.2) is 0 Å². The Bertz CT molecular complexity index is 716. The molecule has 0 saturated heterocycles. The minimum absolute atomic E-state index is 0.193. The number of carbonyl (C=O) groups excluding carboxylic acids is 1. The highest BCUT2D eigenvalue weighted by molar-refractivity contribution is 8.01. The maximum absolute atomic E-state index is 11.8. The first kappa shape index (κ1) is 19.4. The summed E-state index contributed by atoms with van der Waals surface area (Å²) in [5.74, 6) is 0.0253. The Morgan fingerprint density at radius 1 is 1.24 bits per heavy atom. The molecule has 1 amide bonds. The maximum Gasteiger partial charge on any atom is 0.248 e. The van der Waals surface area contributed by atoms with Crippen molar-refractivity contribution in [2.24, 2.45) is 0 Å². The predicted molar refractivity (Wildman–Crippen MR) is 107 cm³/mol. The minimum Gasteiger partial charge on any atom is -0.359 e. The molecule has 1 aromatic carbocycles. The SMILES string of the molecule is Cc1ccc(Nc2nnc(SCC(=O)NNC(=S)NC(C)C)s2)cc1. The number of nitrogens with zero attached hydrogens (tertiary/aromatic N) is 2. The quantitative estimate of drug-likeness (QED) is 0.336. The number of rotatable bonds is 6. The van der Waals surface area contributed by atoms with Crippen molar-refractivity contribution in [3.8, 4) is 0 Å². The van der Waals surface area contributed by atoms with Crippen LogP contribution in [-0.4, -0.2) is 33.0 Å². The summed E-state index contributed by atoms with van der Waals surface area (Å²) in [4.78, 5) is 11.8. The van der Waals surface area contributed by atoms with Crippen molar-refractivity contribution in [3.05, 3.63) is 29.8 Å². The van der Waals surface area contributed by atoms with Crippen LogP contribution in [0.3, 0.4) is 0 Å². The van der Waals surface area contributed by atoms with Crippen molar-refractivity contribution in [1.82, 2.24) is 26.4 Å². The molecule has 25 heavy (non-hydrogen) atoms. The van der Waals surface area contributed by atoms with Crippen LogP contribution in [0, 0.1) is 6.92 Å². The van der Waals surface area contributed by atoms with Gasteiger partial charge in [-0.3, -0.25) is 15.6 Å². The number of aromatic nitrogens is 2. The summed E-state index contributed by atoms with van der Waals surface area (Å²) in [6.45, 7) is 5.96. The second kappa shape index (κ2) is 9.54. The second-order valence-corrected chi connectivity index (χ2v) is 8.06. The zero-order chi connectivity index (χ0) is 18.2. The van der Waals surface area contributed by atoms with Crippen molar-refractivity contribution < 1.29 is 4.79 Å². The molecule has 0 unspecified atom stereocenters. The van der Waals surface area contributed by atoms with Crippen molar-refractivity contribution in [2.75, 3.05) is 11.1 Å². The van der Waals surface area contributed by atoms with E-state index in [1.807, 2.05) is 45.0 Å². The molecule has 10 heteroatoms. The van der Waals surface area contributed by atoms with Gasteiger partial charge in [-0.05, 0) is 45.1 Å². The van der Waals surface area contributed by atoms with E-state index in [4.69, 9.17) is 12.2 Å². The van der Waals surface area contributed by atoms with Crippen LogP contribution in [0.2, 0.25) is 0 Å². The first-order valence-corrected chi connectivity index (χ1v) is 9.79. The average molecular weight is 397 g/mol. The molecule has 1 heterocycles. The van der Waals surface area contributed by atoms with E-state index in [1.165, 1.54) is 28.7 Å². The van der Waals surface area contributed by atoms with Crippen molar-refractivity contribution in [2.45, 2.75) is 31.2 Å². The molecule has 0 bridgehead atoms. The van der Waals surface area contributed by atoms with Crippen LogP contribution in [0.1, 0.15) is 19.4 Å². The van der Waals surface area contributed by atoms with E-state index < -0.39 is 0 Å². The van der Waals surface area contributed by atoms with E-state index in [1.54, 1.807) is 0 Å². The number of amides is 1. The van der Waals surface area contributed by atoms with Crippen LogP contribution in [-0.2, 0) is 4.79 Å². The monoisotopic (exact) mass is 396 g/mol. The van der Waals surface area contributed by atoms with Gasteiger partial charge in [0.2, 0.25) is 11.0 Å². The zero-order valence-corrected chi connectivity index (χ0v) is 16.6. The molecule has 4 N–H and O–H groups in total. The lowest BCUT2D eigenvalue weighted by molar-refractivity contribution is -0.119. The summed E-state index contributed by atoms with van der Waals surface area (Å²) in [5, 5.41) is 15.4. The molecular weight excluding hydrogens is 376 g/mol. The molecule has 7 nitrogen and oxygen atoms in total. The fraction of sp³-hybridized carbons (Fsp3) is 0.333. The first-order chi connectivity index (χ1) is 11.9. The molecule has 0 spiro atoms. The van der Waals surface area contributed by atoms with Crippen LogP contribution in [0.5, 0.6) is 0 Å². The summed E-state index contributed by atoms with van der Waals surface area (Å²) in [6, 6.07) is 8.21.